The van der Waals surface area contributed by atoms with Crippen LogP contribution in [-0.2, 0) is 9.53 Å². The quantitative estimate of drug-likeness (QED) is 0.606. The minimum atomic E-state index is -0.918. The van der Waals surface area contributed by atoms with Crippen molar-refractivity contribution in [3.05, 3.63) is 17.7 Å². The topological polar surface area (TPSA) is 103 Å². The number of hydrogen-bond acceptors (Lipinski definition) is 5. The summed E-state index contributed by atoms with van der Waals surface area (Å²) >= 11 is 0. The van der Waals surface area contributed by atoms with Gasteiger partial charge in [0.05, 0.1) is 6.61 Å². The number of carbonyl (C=O) groups excluding carboxylic acids is 1. The Balaban J connectivity index is 2.41. The third-order valence-corrected chi connectivity index (χ3v) is 1.74. The molecule has 0 radical (unpaired) electrons. The second-order valence-corrected chi connectivity index (χ2v) is 3.13. The number of hydrogen-bond donors (Lipinski definition) is 3. The van der Waals surface area contributed by atoms with Crippen LogP contribution in [0.5, 0.6) is 0 Å². The molecule has 6 nitrogen and oxygen atoms in total. The van der Waals surface area contributed by atoms with Crippen molar-refractivity contribution >= 4 is 17.5 Å². The van der Waals surface area contributed by atoms with Crippen LogP contribution in [0, 0.1) is 11.6 Å². The van der Waals surface area contributed by atoms with Gasteiger partial charge in [-0.05, 0) is 0 Å². The number of nitrogen functional groups attached to an aromatic ring is 1. The summed E-state index contributed by atoms with van der Waals surface area (Å²) in [5.74, 6) is -2.94. The van der Waals surface area contributed by atoms with Crippen LogP contribution in [0.4, 0.5) is 20.4 Å². The number of rotatable bonds is 6. The molecule has 1 amide bonds. The molecule has 94 valence electrons. The molecule has 0 fully saturated rings. The van der Waals surface area contributed by atoms with Crippen LogP contribution in [-0.4, -0.2) is 30.6 Å². The van der Waals surface area contributed by atoms with Gasteiger partial charge < -0.3 is 21.5 Å². The molecule has 0 saturated heterocycles. The minimum absolute atomic E-state index is 0.126. The molecule has 0 bridgehead atoms. The number of halogens is 2. The Morgan fingerprint density at radius 3 is 2.82 bits per heavy atom. The van der Waals surface area contributed by atoms with Gasteiger partial charge in [-0.2, -0.15) is 0 Å². The van der Waals surface area contributed by atoms with E-state index in [4.69, 9.17) is 16.2 Å². The molecule has 1 rings (SSSR count). The molecule has 1 heterocycles. The normalized spacial score (nSPS) is 10.2. The van der Waals surface area contributed by atoms with Crippen molar-refractivity contribution in [3.8, 4) is 0 Å². The molecule has 17 heavy (non-hydrogen) atoms. The molecule has 5 N–H and O–H groups in total. The zero-order valence-electron chi connectivity index (χ0n) is 8.87. The van der Waals surface area contributed by atoms with E-state index in [0.717, 1.165) is 0 Å². The van der Waals surface area contributed by atoms with Crippen molar-refractivity contribution in [2.75, 3.05) is 30.8 Å². The van der Waals surface area contributed by atoms with Crippen LogP contribution in [0.3, 0.4) is 0 Å². The lowest BCUT2D eigenvalue weighted by Crippen LogP contribution is -2.21. The molecule has 0 atom stereocenters. The van der Waals surface area contributed by atoms with Crippen molar-refractivity contribution in [2.45, 2.75) is 0 Å². The fraction of sp³-hybridized carbons (Fsp3) is 0.333. The molecule has 0 aliphatic carbocycles. The van der Waals surface area contributed by atoms with Gasteiger partial charge in [0, 0.05) is 12.6 Å². The summed E-state index contributed by atoms with van der Waals surface area (Å²) < 4.78 is 30.7. The first-order valence-corrected chi connectivity index (χ1v) is 4.72. The summed E-state index contributed by atoms with van der Waals surface area (Å²) in [7, 11) is 0. The first-order valence-electron chi connectivity index (χ1n) is 4.72. The third kappa shape index (κ3) is 4.19. The highest BCUT2D eigenvalue weighted by Gasteiger charge is 2.08. The van der Waals surface area contributed by atoms with E-state index in [9.17, 15) is 13.6 Å². The van der Waals surface area contributed by atoms with Crippen molar-refractivity contribution in [1.82, 2.24) is 4.98 Å². The van der Waals surface area contributed by atoms with E-state index in [1.165, 1.54) is 0 Å². The Bertz CT molecular complexity index is 414. The number of pyridine rings is 1. The lowest BCUT2D eigenvalue weighted by atomic mass is 10.4. The summed E-state index contributed by atoms with van der Waals surface area (Å²) in [6.07, 6.45) is 0. The maximum absolute atomic E-state index is 13.1. The maximum atomic E-state index is 13.1. The predicted molar refractivity (Wildman–Crippen MR) is 57.1 cm³/mol. The highest BCUT2D eigenvalue weighted by molar-refractivity contribution is 5.74. The van der Waals surface area contributed by atoms with Crippen molar-refractivity contribution < 1.29 is 18.3 Å². The van der Waals surface area contributed by atoms with Crippen LogP contribution in [0.25, 0.3) is 0 Å². The first kappa shape index (κ1) is 13.1. The molecular weight excluding hydrogens is 234 g/mol. The summed E-state index contributed by atoms with van der Waals surface area (Å²) in [4.78, 5) is 13.8. The molecule has 0 saturated carbocycles. The standard InChI is InChI=1S/C9H12F2N4O2/c10-5-3-6(11)9(15-8(5)13)14-1-2-17-4-7(12)16/h3H,1-2,4H2,(H2,12,16)(H3,13,14,15). The highest BCUT2D eigenvalue weighted by atomic mass is 19.1. The molecule has 0 spiro atoms. The van der Waals surface area contributed by atoms with Gasteiger partial charge in [0.15, 0.2) is 23.3 Å². The van der Waals surface area contributed by atoms with Crippen LogP contribution in [0.1, 0.15) is 0 Å². The zero-order valence-corrected chi connectivity index (χ0v) is 8.87. The predicted octanol–water partition coefficient (Wildman–Crippen LogP) is -0.144. The van der Waals surface area contributed by atoms with E-state index in [1.54, 1.807) is 0 Å². The van der Waals surface area contributed by atoms with Gasteiger partial charge >= 0.3 is 0 Å². The van der Waals surface area contributed by atoms with Crippen LogP contribution < -0.4 is 16.8 Å². The molecule has 1 aromatic heterocycles. The van der Waals surface area contributed by atoms with Gasteiger partial charge in [0.1, 0.15) is 6.61 Å². The van der Waals surface area contributed by atoms with Crippen LogP contribution in [0.15, 0.2) is 6.07 Å². The number of carbonyl (C=O) groups is 1. The lowest BCUT2D eigenvalue weighted by Gasteiger charge is -2.07. The average molecular weight is 246 g/mol. The summed E-state index contributed by atoms with van der Waals surface area (Å²) in [5.41, 5.74) is 10.0. The Hall–Kier alpha value is -1.96. The second-order valence-electron chi connectivity index (χ2n) is 3.13. The van der Waals surface area contributed by atoms with Gasteiger partial charge in [0.25, 0.3) is 0 Å². The number of nitrogens with one attached hydrogen (secondary N) is 1. The van der Waals surface area contributed by atoms with E-state index >= 15 is 0 Å². The van der Waals surface area contributed by atoms with Crippen molar-refractivity contribution in [2.24, 2.45) is 5.73 Å². The van der Waals surface area contributed by atoms with E-state index in [-0.39, 0.29) is 25.6 Å². The fourth-order valence-electron chi connectivity index (χ4n) is 1.02. The summed E-state index contributed by atoms with van der Waals surface area (Å²) in [6.45, 7) is 0.0900. The van der Waals surface area contributed by atoms with E-state index < -0.39 is 23.4 Å². The Morgan fingerprint density at radius 2 is 2.18 bits per heavy atom. The molecule has 1 aromatic rings. The Labute approximate surface area is 95.9 Å². The van der Waals surface area contributed by atoms with Crippen molar-refractivity contribution in [1.29, 1.82) is 0 Å². The van der Waals surface area contributed by atoms with Gasteiger partial charge in [-0.3, -0.25) is 4.79 Å². The number of anilines is 2. The SMILES string of the molecule is NC(=O)COCCNc1nc(N)c(F)cc1F. The first-order chi connectivity index (χ1) is 8.00. The van der Waals surface area contributed by atoms with Gasteiger partial charge in [-0.1, -0.05) is 0 Å². The fourth-order valence-corrected chi connectivity index (χ4v) is 1.02. The van der Waals surface area contributed by atoms with Crippen LogP contribution in [0.2, 0.25) is 0 Å². The average Bonchev–Trinajstić information content (AvgIpc) is 2.24. The molecule has 0 aromatic carbocycles. The van der Waals surface area contributed by atoms with Crippen molar-refractivity contribution in [3.63, 3.8) is 0 Å². The molecule has 0 unspecified atom stereocenters. The van der Waals surface area contributed by atoms with Gasteiger partial charge in [-0.15, -0.1) is 0 Å². The number of primary amides is 1. The number of amides is 1. The number of ether oxygens (including phenoxy) is 1. The largest absolute Gasteiger partial charge is 0.381 e. The maximum Gasteiger partial charge on any atom is 0.243 e. The van der Waals surface area contributed by atoms with Gasteiger partial charge in [-0.25, -0.2) is 13.8 Å². The number of nitrogens with two attached hydrogens (primary N) is 2. The van der Waals surface area contributed by atoms with E-state index in [0.29, 0.717) is 6.07 Å². The molecule has 0 aliphatic rings. The smallest absolute Gasteiger partial charge is 0.243 e. The molecule has 8 heteroatoms. The molecular formula is C9H12F2N4O2. The monoisotopic (exact) mass is 246 g/mol. The third-order valence-electron chi connectivity index (χ3n) is 1.74. The zero-order chi connectivity index (χ0) is 12.8. The van der Waals surface area contributed by atoms with E-state index in [1.807, 2.05) is 0 Å². The van der Waals surface area contributed by atoms with Gasteiger partial charge in [0.2, 0.25) is 5.91 Å². The Morgan fingerprint density at radius 1 is 1.47 bits per heavy atom. The van der Waals surface area contributed by atoms with E-state index in [2.05, 4.69) is 10.3 Å². The minimum Gasteiger partial charge on any atom is -0.381 e. The lowest BCUT2D eigenvalue weighted by molar-refractivity contribution is -0.122. The number of aromatic nitrogens is 1. The second kappa shape index (κ2) is 5.94. The van der Waals surface area contributed by atoms with Crippen LogP contribution >= 0.6 is 0 Å². The molecule has 0 aliphatic heterocycles. The Kier molecular flexibility index (Phi) is 4.58. The summed E-state index contributed by atoms with van der Waals surface area (Å²) in [6, 6.07) is 0.634. The highest BCUT2D eigenvalue weighted by Crippen LogP contribution is 2.15. The number of nitrogens with zero attached hydrogens (tertiary/aromatic N) is 1. The summed E-state index contributed by atoms with van der Waals surface area (Å²) in [5, 5.41) is 2.54.